The molecular weight excluding hydrogens is 447 g/mol. The first kappa shape index (κ1) is 23.6. The van der Waals surface area contributed by atoms with Gasteiger partial charge in [-0.15, -0.1) is 0 Å². The molecule has 0 aromatic heterocycles. The molecule has 154 valence electrons. The summed E-state index contributed by atoms with van der Waals surface area (Å²) >= 11 is 2.68. The molecule has 0 aromatic carbocycles. The summed E-state index contributed by atoms with van der Waals surface area (Å²) in [6.07, 6.45) is -7.42. The third-order valence-electron chi connectivity index (χ3n) is 4.47. The zero-order valence-corrected chi connectivity index (χ0v) is 15.8. The van der Waals surface area contributed by atoms with E-state index >= 15 is 0 Å². The van der Waals surface area contributed by atoms with E-state index in [4.69, 9.17) is 4.74 Å². The van der Waals surface area contributed by atoms with Crippen LogP contribution in [0, 0.1) is 0 Å². The topological polar surface area (TPSA) is 150 Å². The quantitative estimate of drug-likeness (QED) is 0.369. The molecule has 1 saturated heterocycles. The van der Waals surface area contributed by atoms with Gasteiger partial charge in [-0.05, 0) is 20.8 Å². The number of aliphatic hydroxyl groups is 3. The van der Waals surface area contributed by atoms with Crippen molar-refractivity contribution in [3.05, 3.63) is 0 Å². The summed E-state index contributed by atoms with van der Waals surface area (Å²) < 4.78 is 42.1. The second-order valence-electron chi connectivity index (χ2n) is 6.06. The molecule has 9 nitrogen and oxygen atoms in total. The Hall–Kier alpha value is -1.41. The van der Waals surface area contributed by atoms with Gasteiger partial charge in [0.2, 0.25) is 5.60 Å². The average Bonchev–Trinajstić information content (AvgIpc) is 2.52. The van der Waals surface area contributed by atoms with Crippen LogP contribution in [0.1, 0.15) is 20.8 Å². The summed E-state index contributed by atoms with van der Waals surface area (Å²) in [6, 6.07) is 0. The molecule has 0 aliphatic carbocycles. The van der Waals surface area contributed by atoms with Crippen molar-refractivity contribution in [2.24, 2.45) is 0 Å². The zero-order valence-electron chi connectivity index (χ0n) is 14.3. The molecule has 1 fully saturated rings. The highest BCUT2D eigenvalue weighted by molar-refractivity contribution is 9.09. The molecule has 0 bridgehead atoms. The van der Waals surface area contributed by atoms with Crippen molar-refractivity contribution in [3.8, 4) is 0 Å². The Morgan fingerprint density at radius 3 is 1.78 bits per heavy atom. The number of amides is 1. The number of ketones is 3. The lowest BCUT2D eigenvalue weighted by Crippen LogP contribution is -2.85. The Morgan fingerprint density at radius 1 is 1.00 bits per heavy atom. The van der Waals surface area contributed by atoms with Crippen LogP contribution >= 0.6 is 15.9 Å². The number of hydrogen-bond acceptors (Lipinski definition) is 8. The fourth-order valence-electron chi connectivity index (χ4n) is 2.94. The van der Waals surface area contributed by atoms with Crippen molar-refractivity contribution in [2.75, 3.05) is 6.54 Å². The maximum absolute atomic E-state index is 12.4. The van der Waals surface area contributed by atoms with Crippen LogP contribution in [0.5, 0.6) is 0 Å². The summed E-state index contributed by atoms with van der Waals surface area (Å²) in [5, 5.41) is 31.7. The first-order valence-corrected chi connectivity index (χ1v) is 8.25. The van der Waals surface area contributed by atoms with Gasteiger partial charge in [0.25, 0.3) is 0 Å². The highest BCUT2D eigenvalue weighted by atomic mass is 79.9. The number of carbonyl (C=O) groups excluding carboxylic acids is 4. The van der Waals surface area contributed by atoms with E-state index < -0.39 is 63.9 Å². The molecule has 1 aliphatic rings. The van der Waals surface area contributed by atoms with Gasteiger partial charge in [-0.2, -0.15) is 13.2 Å². The number of carbonyl (C=O) groups is 4. The molecule has 1 heterocycles. The van der Waals surface area contributed by atoms with Crippen molar-refractivity contribution in [1.82, 2.24) is 5.32 Å². The Bertz CT molecular complexity index is 686. The lowest BCUT2D eigenvalue weighted by Gasteiger charge is -2.56. The van der Waals surface area contributed by atoms with Crippen LogP contribution < -0.4 is 5.32 Å². The predicted octanol–water partition coefficient (Wildman–Crippen LogP) is -1.25. The van der Waals surface area contributed by atoms with Crippen LogP contribution in [0.15, 0.2) is 0 Å². The third-order valence-corrected chi connectivity index (χ3v) is 5.35. The van der Waals surface area contributed by atoms with Crippen molar-refractivity contribution in [3.63, 3.8) is 0 Å². The average molecular weight is 464 g/mol. The number of rotatable bonds is 5. The smallest absolute Gasteiger partial charge is 0.376 e. The minimum absolute atomic E-state index is 0.651. The maximum Gasteiger partial charge on any atom is 0.471 e. The minimum atomic E-state index is -5.30. The molecule has 0 spiro atoms. The van der Waals surface area contributed by atoms with Gasteiger partial charge in [-0.25, -0.2) is 0 Å². The van der Waals surface area contributed by atoms with Crippen LogP contribution in [0.3, 0.4) is 0 Å². The summed E-state index contributed by atoms with van der Waals surface area (Å²) in [6.45, 7) is 0.862. The van der Waals surface area contributed by atoms with Gasteiger partial charge in [0.1, 0.15) is 6.10 Å². The Labute approximate surface area is 159 Å². The molecule has 0 saturated carbocycles. The van der Waals surface area contributed by atoms with Crippen LogP contribution in [0.4, 0.5) is 13.2 Å². The van der Waals surface area contributed by atoms with Crippen molar-refractivity contribution in [2.45, 2.75) is 54.9 Å². The van der Waals surface area contributed by atoms with Crippen molar-refractivity contribution < 1.29 is 52.4 Å². The number of hydrogen-bond donors (Lipinski definition) is 4. The molecule has 13 heteroatoms. The Morgan fingerprint density at radius 2 is 1.44 bits per heavy atom. The normalized spacial score (nSPS) is 36.8. The number of Topliss-reactive ketones (excluding diaryl/α,β-unsaturated/α-hetero) is 3. The predicted molar refractivity (Wildman–Crippen MR) is 83.5 cm³/mol. The lowest BCUT2D eigenvalue weighted by molar-refractivity contribution is -0.300. The summed E-state index contributed by atoms with van der Waals surface area (Å²) in [4.78, 5) is 47.2. The van der Waals surface area contributed by atoms with E-state index in [2.05, 4.69) is 15.9 Å². The zero-order chi connectivity index (χ0) is 21.6. The molecule has 4 N–H and O–H groups in total. The van der Waals surface area contributed by atoms with Gasteiger partial charge < -0.3 is 25.4 Å². The van der Waals surface area contributed by atoms with Gasteiger partial charge in [-0.1, -0.05) is 15.9 Å². The van der Waals surface area contributed by atoms with E-state index in [1.165, 1.54) is 5.32 Å². The highest BCUT2D eigenvalue weighted by Crippen LogP contribution is 2.48. The number of ether oxygens (including phenoxy) is 1. The maximum atomic E-state index is 12.4. The van der Waals surface area contributed by atoms with E-state index in [-0.39, 0.29) is 0 Å². The van der Waals surface area contributed by atoms with E-state index in [0.717, 1.165) is 6.92 Å². The van der Waals surface area contributed by atoms with Crippen LogP contribution in [0.2, 0.25) is 0 Å². The summed E-state index contributed by atoms with van der Waals surface area (Å²) in [7, 11) is 0. The lowest BCUT2D eigenvalue weighted by atomic mass is 9.61. The Kier molecular flexibility index (Phi) is 6.30. The molecule has 0 unspecified atom stereocenters. The third kappa shape index (κ3) is 3.31. The van der Waals surface area contributed by atoms with Crippen molar-refractivity contribution in [1.29, 1.82) is 0 Å². The molecule has 1 rings (SSSR count). The fourth-order valence-corrected chi connectivity index (χ4v) is 3.86. The molecule has 0 radical (unpaired) electrons. The minimum Gasteiger partial charge on any atom is -0.376 e. The van der Waals surface area contributed by atoms with Gasteiger partial charge in [0, 0.05) is 6.54 Å². The van der Waals surface area contributed by atoms with E-state index in [1.807, 2.05) is 0 Å². The van der Waals surface area contributed by atoms with Gasteiger partial charge in [0.15, 0.2) is 33.6 Å². The summed E-state index contributed by atoms with van der Waals surface area (Å²) in [5.41, 5.74) is -10.0. The van der Waals surface area contributed by atoms with Crippen LogP contribution in [0.25, 0.3) is 0 Å². The SMILES string of the molecule is CC(=O)[C@]1(O)[C@@](O)(C(C)=O)[C@@H](CNC(=O)C(F)(F)F)O[C@H](Br)[C@@]1(O)C(C)=O. The van der Waals surface area contributed by atoms with E-state index in [0.29, 0.717) is 13.8 Å². The molecule has 1 amide bonds. The molecule has 0 aromatic rings. The van der Waals surface area contributed by atoms with Gasteiger partial charge >= 0.3 is 12.1 Å². The molecule has 5 atom stereocenters. The van der Waals surface area contributed by atoms with Gasteiger partial charge in [0.05, 0.1) is 0 Å². The molecular formula is C14H17BrF3NO8. The van der Waals surface area contributed by atoms with Crippen LogP contribution in [-0.4, -0.2) is 79.2 Å². The van der Waals surface area contributed by atoms with Crippen LogP contribution in [-0.2, 0) is 23.9 Å². The summed E-state index contributed by atoms with van der Waals surface area (Å²) in [5.74, 6) is -6.55. The largest absolute Gasteiger partial charge is 0.471 e. The van der Waals surface area contributed by atoms with Crippen molar-refractivity contribution >= 4 is 39.2 Å². The standard InChI is InChI=1S/C14H17BrF3NO8/c1-5(20)11(24)8(4-19-10(23)14(16,17)18)27-9(15)12(25,6(2)21)13(11,26)7(3)22/h8-9,24-26H,4H2,1-3H3,(H,19,23)/t8-,9+,11-,12+,13+/m1/s1. The number of alkyl halides is 4. The monoisotopic (exact) mass is 463 g/mol. The Balaban J connectivity index is 3.54. The first-order valence-electron chi connectivity index (χ1n) is 7.33. The van der Waals surface area contributed by atoms with Gasteiger partial charge in [-0.3, -0.25) is 19.2 Å². The number of halogens is 4. The molecule has 1 aliphatic heterocycles. The highest BCUT2D eigenvalue weighted by Gasteiger charge is 2.77. The van der Waals surface area contributed by atoms with E-state index in [1.54, 1.807) is 0 Å². The molecule has 27 heavy (non-hydrogen) atoms. The second-order valence-corrected chi connectivity index (χ2v) is 6.89. The van der Waals surface area contributed by atoms with E-state index in [9.17, 15) is 47.7 Å². The number of nitrogens with one attached hydrogen (secondary N) is 1. The fraction of sp³-hybridized carbons (Fsp3) is 0.714. The first-order chi connectivity index (χ1) is 12.0. The second kappa shape index (κ2) is 7.20.